The lowest BCUT2D eigenvalue weighted by atomic mass is 9.88. The van der Waals surface area contributed by atoms with Gasteiger partial charge < -0.3 is 26.6 Å². The van der Waals surface area contributed by atoms with Crippen LogP contribution < -0.4 is 23.0 Å². The van der Waals surface area contributed by atoms with Gasteiger partial charge in [0.15, 0.2) is 5.82 Å². The van der Waals surface area contributed by atoms with Gasteiger partial charge in [-0.3, -0.25) is 4.90 Å². The van der Waals surface area contributed by atoms with E-state index in [0.717, 1.165) is 18.0 Å². The van der Waals surface area contributed by atoms with Gasteiger partial charge in [-0.05, 0) is 55.3 Å². The number of quaternary nitrogens is 1. The molecule has 1 aliphatic heterocycles. The molecular weight excluding hydrogens is 625 g/mol. The number of imidazole rings is 1. The standard InChI is InChI=1S/C31H31F3N8O3.ClH/c1-18-25(28(43)45-5)26(41-29(38-39-30(41)44)40(18)23-8-6-7-22(16-23)31(32,33)34)24-10-9-20(17-35)15-21(24)11-14-42(3,4)19(2)27-36-12-13-37-27;/h6-10,12-13,15-16,19,26H,11,14H2,1-5H3,(H-,36,37,39,44);1H/t19?,26-;/m1./s1. The zero-order valence-corrected chi connectivity index (χ0v) is 26.4. The molecule has 0 spiro atoms. The summed E-state index contributed by atoms with van der Waals surface area (Å²) in [4.78, 5) is 35.7. The van der Waals surface area contributed by atoms with E-state index in [0.29, 0.717) is 34.1 Å². The third-order valence-corrected chi connectivity index (χ3v) is 8.47. The molecule has 0 radical (unpaired) electrons. The number of carbonyl (C=O) groups excluding carboxylic acids is 1. The van der Waals surface area contributed by atoms with Crippen molar-refractivity contribution < 1.29 is 39.6 Å². The second-order valence-corrected chi connectivity index (χ2v) is 11.4. The maximum atomic E-state index is 13.7. The lowest BCUT2D eigenvalue weighted by Crippen LogP contribution is -3.00. The third-order valence-electron chi connectivity index (χ3n) is 8.47. The van der Waals surface area contributed by atoms with Gasteiger partial charge in [-0.25, -0.2) is 24.2 Å². The Morgan fingerprint density at radius 3 is 2.59 bits per heavy atom. The van der Waals surface area contributed by atoms with Crippen LogP contribution in [0.4, 0.5) is 24.8 Å². The second kappa shape index (κ2) is 12.9. The molecule has 0 amide bonds. The van der Waals surface area contributed by atoms with E-state index in [1.807, 2.05) is 6.92 Å². The summed E-state index contributed by atoms with van der Waals surface area (Å²) in [5, 5.41) is 16.3. The minimum atomic E-state index is -4.62. The van der Waals surface area contributed by atoms with Crippen LogP contribution in [-0.4, -0.2) is 62.9 Å². The number of anilines is 2. The van der Waals surface area contributed by atoms with Gasteiger partial charge in [0, 0.05) is 30.2 Å². The van der Waals surface area contributed by atoms with E-state index in [4.69, 9.17) is 4.74 Å². The predicted molar refractivity (Wildman–Crippen MR) is 158 cm³/mol. The Morgan fingerprint density at radius 1 is 1.22 bits per heavy atom. The molecule has 3 heterocycles. The van der Waals surface area contributed by atoms with Gasteiger partial charge >= 0.3 is 17.8 Å². The quantitative estimate of drug-likeness (QED) is 0.218. The van der Waals surface area contributed by atoms with Crippen LogP contribution in [0.25, 0.3) is 0 Å². The summed E-state index contributed by atoms with van der Waals surface area (Å²) in [5.41, 5.74) is 0.375. The highest BCUT2D eigenvalue weighted by atomic mass is 35.5. The fourth-order valence-corrected chi connectivity index (χ4v) is 5.68. The summed E-state index contributed by atoms with van der Waals surface area (Å²) < 4.78 is 47.9. The molecular formula is C31H32ClF3N8O3. The molecule has 2 aromatic heterocycles. The number of hydrogen-bond donors (Lipinski definition) is 2. The molecule has 15 heteroatoms. The van der Waals surface area contributed by atoms with Gasteiger partial charge in [0.05, 0.1) is 50.5 Å². The number of aromatic amines is 2. The Kier molecular flexibility index (Phi) is 9.51. The minimum absolute atomic E-state index is 0. The number of methoxy groups -OCH3 is 1. The van der Waals surface area contributed by atoms with E-state index in [9.17, 15) is 28.0 Å². The van der Waals surface area contributed by atoms with Crippen molar-refractivity contribution in [3.05, 3.63) is 105 Å². The number of allylic oxidation sites excluding steroid dienone is 1. The molecule has 4 aromatic rings. The molecule has 242 valence electrons. The van der Waals surface area contributed by atoms with E-state index in [2.05, 4.69) is 40.3 Å². The average Bonchev–Trinajstić information content (AvgIpc) is 3.69. The van der Waals surface area contributed by atoms with Crippen LogP contribution in [0.15, 0.2) is 70.9 Å². The van der Waals surface area contributed by atoms with E-state index in [1.165, 1.54) is 28.7 Å². The first-order valence-electron chi connectivity index (χ1n) is 14.1. The molecule has 46 heavy (non-hydrogen) atoms. The first-order chi connectivity index (χ1) is 21.3. The normalized spacial score (nSPS) is 15.5. The molecule has 0 saturated carbocycles. The molecule has 5 rings (SSSR count). The van der Waals surface area contributed by atoms with E-state index in [-0.39, 0.29) is 41.4 Å². The highest BCUT2D eigenvalue weighted by Crippen LogP contribution is 2.43. The highest BCUT2D eigenvalue weighted by molar-refractivity contribution is 5.93. The second-order valence-electron chi connectivity index (χ2n) is 11.4. The molecule has 1 unspecified atom stereocenters. The number of esters is 1. The zero-order valence-electron chi connectivity index (χ0n) is 25.7. The van der Waals surface area contributed by atoms with Gasteiger partial charge in [0.2, 0.25) is 5.95 Å². The Hall–Kier alpha value is -4.87. The number of ether oxygens (including phenoxy) is 1. The van der Waals surface area contributed by atoms with Crippen LogP contribution in [0, 0.1) is 11.3 Å². The topological polar surface area (TPSA) is 133 Å². The van der Waals surface area contributed by atoms with E-state index >= 15 is 0 Å². The van der Waals surface area contributed by atoms with Crippen molar-refractivity contribution in [1.29, 1.82) is 5.26 Å². The molecule has 2 N–H and O–H groups in total. The first-order valence-corrected chi connectivity index (χ1v) is 14.1. The Labute approximate surface area is 268 Å². The van der Waals surface area contributed by atoms with Gasteiger partial charge in [-0.2, -0.15) is 18.4 Å². The highest BCUT2D eigenvalue weighted by Gasteiger charge is 2.41. The van der Waals surface area contributed by atoms with Crippen LogP contribution in [0.5, 0.6) is 0 Å². The Bertz CT molecular complexity index is 1870. The molecule has 0 saturated heterocycles. The summed E-state index contributed by atoms with van der Waals surface area (Å²) >= 11 is 0. The van der Waals surface area contributed by atoms with Crippen molar-refractivity contribution in [3.63, 3.8) is 0 Å². The van der Waals surface area contributed by atoms with E-state index < -0.39 is 29.4 Å². The summed E-state index contributed by atoms with van der Waals surface area (Å²) in [6, 6.07) is 10.6. The number of hydrogen-bond acceptors (Lipinski definition) is 7. The van der Waals surface area contributed by atoms with Crippen molar-refractivity contribution in [3.8, 4) is 6.07 Å². The van der Waals surface area contributed by atoms with Gasteiger partial charge in [-0.15, -0.1) is 5.10 Å². The SMILES string of the molecule is COC(=O)C1=C(C)N(c2cccc(C(F)(F)F)c2)c2n[nH]c(=O)n2[C@@H]1c1ccc(C#N)cc1CC[N+](C)(C)C(C)c1ncc[nH]1.[Cl-]. The van der Waals surface area contributed by atoms with Crippen molar-refractivity contribution in [2.24, 2.45) is 0 Å². The molecule has 1 aliphatic rings. The largest absolute Gasteiger partial charge is 1.00 e. The van der Waals surface area contributed by atoms with Crippen molar-refractivity contribution in [2.45, 2.75) is 38.5 Å². The first kappa shape index (κ1) is 34.0. The van der Waals surface area contributed by atoms with Crippen LogP contribution in [0.2, 0.25) is 0 Å². The molecule has 2 aromatic carbocycles. The van der Waals surface area contributed by atoms with Gasteiger partial charge in [0.1, 0.15) is 12.1 Å². The summed E-state index contributed by atoms with van der Waals surface area (Å²) in [7, 11) is 5.30. The van der Waals surface area contributed by atoms with Crippen LogP contribution in [0.1, 0.15) is 54.0 Å². The smallest absolute Gasteiger partial charge is 0.416 e. The summed E-state index contributed by atoms with van der Waals surface area (Å²) in [6.45, 7) is 4.21. The lowest BCUT2D eigenvalue weighted by molar-refractivity contribution is -0.919. The number of fused-ring (bicyclic) bond motifs is 1. The molecule has 0 fully saturated rings. The Morgan fingerprint density at radius 2 is 1.96 bits per heavy atom. The average molecular weight is 657 g/mol. The number of nitrogens with one attached hydrogen (secondary N) is 2. The number of benzene rings is 2. The molecule has 11 nitrogen and oxygen atoms in total. The molecule has 2 atom stereocenters. The molecule has 0 aliphatic carbocycles. The maximum Gasteiger partial charge on any atom is 0.416 e. The van der Waals surface area contributed by atoms with Crippen molar-refractivity contribution >= 4 is 17.6 Å². The number of alkyl halides is 3. The Balaban J connectivity index is 0.00000480. The fraction of sp³-hybridized carbons (Fsp3) is 0.323. The monoisotopic (exact) mass is 656 g/mol. The number of likely N-dealkylation sites (N-methyl/N-ethyl adjacent to an activating group) is 1. The minimum Gasteiger partial charge on any atom is -1.00 e. The van der Waals surface area contributed by atoms with Gasteiger partial charge in [0.25, 0.3) is 0 Å². The van der Waals surface area contributed by atoms with Crippen LogP contribution in [-0.2, 0) is 22.1 Å². The molecule has 0 bridgehead atoms. The predicted octanol–water partition coefficient (Wildman–Crippen LogP) is 1.76. The number of H-pyrrole nitrogens is 2. The van der Waals surface area contributed by atoms with E-state index in [1.54, 1.807) is 37.5 Å². The van der Waals surface area contributed by atoms with Crippen LogP contribution in [0.3, 0.4) is 0 Å². The summed E-state index contributed by atoms with van der Waals surface area (Å²) in [5.74, 6) is 0.0347. The zero-order chi connectivity index (χ0) is 32.7. The third kappa shape index (κ3) is 6.16. The van der Waals surface area contributed by atoms with Gasteiger partial charge in [-0.1, -0.05) is 12.1 Å². The van der Waals surface area contributed by atoms with Crippen LogP contribution >= 0.6 is 0 Å². The fourth-order valence-electron chi connectivity index (χ4n) is 5.68. The maximum absolute atomic E-state index is 13.7. The number of halogens is 4. The number of carbonyl (C=O) groups is 1. The number of nitrogens with zero attached hydrogens (tertiary/aromatic N) is 6. The lowest BCUT2D eigenvalue weighted by Gasteiger charge is -2.37. The van der Waals surface area contributed by atoms with Crippen molar-refractivity contribution in [2.75, 3.05) is 32.6 Å². The number of nitriles is 1. The van der Waals surface area contributed by atoms with Crippen molar-refractivity contribution in [1.82, 2.24) is 24.7 Å². The summed E-state index contributed by atoms with van der Waals surface area (Å²) in [6.07, 6.45) is -0.725. The number of rotatable bonds is 8. The number of aromatic nitrogens is 5.